The molecule has 174 valence electrons. The fourth-order valence-corrected chi connectivity index (χ4v) is 6.16. The number of amides is 4. The molecule has 3 aliphatic rings. The second kappa shape index (κ2) is 8.41. The van der Waals surface area contributed by atoms with Crippen molar-refractivity contribution in [3.8, 4) is 0 Å². The van der Waals surface area contributed by atoms with Gasteiger partial charge in [-0.25, -0.2) is 4.79 Å². The number of benzene rings is 1. The highest BCUT2D eigenvalue weighted by Crippen LogP contribution is 2.46. The Balaban J connectivity index is 1.44. The highest BCUT2D eigenvalue weighted by molar-refractivity contribution is 6.09. The summed E-state index contributed by atoms with van der Waals surface area (Å²) in [4.78, 5) is 44.2. The quantitative estimate of drug-likeness (QED) is 0.713. The minimum Gasteiger partial charge on any atom is -0.371 e. The van der Waals surface area contributed by atoms with E-state index in [-0.39, 0.29) is 23.8 Å². The Hall–Kier alpha value is -2.57. The van der Waals surface area contributed by atoms with Gasteiger partial charge in [0.2, 0.25) is 5.91 Å². The lowest BCUT2D eigenvalue weighted by atomic mass is 9.64. The standard InChI is InChI=1S/C25H36N4O3/c1-18-13-24(2,3)17-25(14-18)22(31)29(23(32)26-25)16-21(30)27(4)15-19-9-5-6-10-20(19)28-11-7-8-12-28/h5-6,9-10,18H,7-8,11-17H2,1-4H3,(H,26,32). The van der Waals surface area contributed by atoms with Gasteiger partial charge >= 0.3 is 6.03 Å². The molecule has 0 bridgehead atoms. The van der Waals surface area contributed by atoms with Crippen LogP contribution in [0.5, 0.6) is 0 Å². The number of hydrogen-bond acceptors (Lipinski definition) is 4. The van der Waals surface area contributed by atoms with Crippen molar-refractivity contribution >= 4 is 23.5 Å². The van der Waals surface area contributed by atoms with E-state index in [4.69, 9.17) is 0 Å². The zero-order valence-corrected chi connectivity index (χ0v) is 19.8. The predicted molar refractivity (Wildman–Crippen MR) is 124 cm³/mol. The van der Waals surface area contributed by atoms with Crippen molar-refractivity contribution in [2.45, 2.75) is 65.0 Å². The molecule has 1 saturated carbocycles. The fraction of sp³-hybridized carbons (Fsp3) is 0.640. The first-order chi connectivity index (χ1) is 15.1. The van der Waals surface area contributed by atoms with Gasteiger partial charge in [0.15, 0.2) is 0 Å². The molecule has 1 aromatic carbocycles. The molecule has 2 aliphatic heterocycles. The lowest BCUT2D eigenvalue weighted by molar-refractivity contribution is -0.140. The number of rotatable bonds is 5. The molecular weight excluding hydrogens is 404 g/mol. The third-order valence-corrected chi connectivity index (χ3v) is 7.19. The van der Waals surface area contributed by atoms with E-state index in [9.17, 15) is 14.4 Å². The maximum absolute atomic E-state index is 13.3. The number of imide groups is 1. The summed E-state index contributed by atoms with van der Waals surface area (Å²) >= 11 is 0. The van der Waals surface area contributed by atoms with E-state index in [1.54, 1.807) is 11.9 Å². The smallest absolute Gasteiger partial charge is 0.325 e. The molecule has 2 atom stereocenters. The number of nitrogens with one attached hydrogen (secondary N) is 1. The second-order valence-electron chi connectivity index (χ2n) is 10.8. The summed E-state index contributed by atoms with van der Waals surface area (Å²) in [5, 5.41) is 2.96. The van der Waals surface area contributed by atoms with E-state index in [2.05, 4.69) is 37.1 Å². The molecule has 4 rings (SSSR count). The maximum Gasteiger partial charge on any atom is 0.325 e. The van der Waals surface area contributed by atoms with Crippen molar-refractivity contribution in [1.82, 2.24) is 15.1 Å². The van der Waals surface area contributed by atoms with Crippen LogP contribution in [0.15, 0.2) is 24.3 Å². The first-order valence-electron chi connectivity index (χ1n) is 11.8. The largest absolute Gasteiger partial charge is 0.371 e. The molecule has 3 fully saturated rings. The number of urea groups is 1. The Morgan fingerprint density at radius 1 is 1.16 bits per heavy atom. The monoisotopic (exact) mass is 440 g/mol. The number of carbonyl (C=O) groups is 3. The molecule has 2 heterocycles. The molecule has 4 amide bonds. The van der Waals surface area contributed by atoms with E-state index in [1.807, 2.05) is 18.2 Å². The molecule has 32 heavy (non-hydrogen) atoms. The van der Waals surface area contributed by atoms with Crippen LogP contribution in [0.3, 0.4) is 0 Å². The van der Waals surface area contributed by atoms with Crippen LogP contribution in [0.4, 0.5) is 10.5 Å². The molecule has 2 unspecified atom stereocenters. The van der Waals surface area contributed by atoms with Gasteiger partial charge in [0.1, 0.15) is 12.1 Å². The Labute approximate surface area is 191 Å². The summed E-state index contributed by atoms with van der Waals surface area (Å²) in [6.07, 6.45) is 4.64. The average molecular weight is 441 g/mol. The molecule has 1 aromatic rings. The van der Waals surface area contributed by atoms with E-state index < -0.39 is 11.6 Å². The van der Waals surface area contributed by atoms with Crippen LogP contribution in [0, 0.1) is 11.3 Å². The third kappa shape index (κ3) is 4.34. The second-order valence-corrected chi connectivity index (χ2v) is 10.8. The van der Waals surface area contributed by atoms with Crippen LogP contribution in [0.1, 0.15) is 58.4 Å². The summed E-state index contributed by atoms with van der Waals surface area (Å²) in [5.74, 6) is -0.144. The first-order valence-corrected chi connectivity index (χ1v) is 11.8. The molecule has 0 radical (unpaired) electrons. The van der Waals surface area contributed by atoms with Crippen LogP contribution in [0.25, 0.3) is 0 Å². The van der Waals surface area contributed by atoms with Crippen LogP contribution < -0.4 is 10.2 Å². The van der Waals surface area contributed by atoms with Crippen LogP contribution in [-0.4, -0.2) is 59.9 Å². The van der Waals surface area contributed by atoms with Gasteiger partial charge in [-0.05, 0) is 55.1 Å². The normalized spacial score (nSPS) is 27.2. The average Bonchev–Trinajstić information content (AvgIpc) is 3.30. The van der Waals surface area contributed by atoms with Crippen LogP contribution >= 0.6 is 0 Å². The molecular formula is C25H36N4O3. The lowest BCUT2D eigenvalue weighted by Crippen LogP contribution is -2.54. The van der Waals surface area contributed by atoms with Crippen molar-refractivity contribution in [2.24, 2.45) is 11.3 Å². The van der Waals surface area contributed by atoms with Crippen molar-refractivity contribution in [3.05, 3.63) is 29.8 Å². The van der Waals surface area contributed by atoms with Gasteiger partial charge in [-0.15, -0.1) is 0 Å². The molecule has 1 N–H and O–H groups in total. The van der Waals surface area contributed by atoms with E-state index in [1.165, 1.54) is 12.8 Å². The van der Waals surface area contributed by atoms with Crippen molar-refractivity contribution < 1.29 is 14.4 Å². The van der Waals surface area contributed by atoms with E-state index in [0.29, 0.717) is 25.3 Å². The highest BCUT2D eigenvalue weighted by Gasteiger charge is 2.56. The number of hydrogen-bond donors (Lipinski definition) is 1. The lowest BCUT2D eigenvalue weighted by Gasteiger charge is -2.43. The summed E-state index contributed by atoms with van der Waals surface area (Å²) < 4.78 is 0. The van der Waals surface area contributed by atoms with Crippen molar-refractivity contribution in [2.75, 3.05) is 31.6 Å². The number of anilines is 1. The van der Waals surface area contributed by atoms with Gasteiger partial charge < -0.3 is 15.1 Å². The van der Waals surface area contributed by atoms with Crippen molar-refractivity contribution in [1.29, 1.82) is 0 Å². The Morgan fingerprint density at radius 2 is 1.84 bits per heavy atom. The minimum atomic E-state index is -0.876. The predicted octanol–water partition coefficient (Wildman–Crippen LogP) is 3.38. The van der Waals surface area contributed by atoms with Gasteiger partial charge in [0, 0.05) is 32.4 Å². The molecule has 7 nitrogen and oxygen atoms in total. The number of likely N-dealkylation sites (N-methyl/N-ethyl adjacent to an activating group) is 1. The summed E-state index contributed by atoms with van der Waals surface area (Å²) in [7, 11) is 1.74. The van der Waals surface area contributed by atoms with E-state index in [0.717, 1.165) is 35.7 Å². The minimum absolute atomic E-state index is 0.0311. The Morgan fingerprint density at radius 3 is 2.53 bits per heavy atom. The summed E-state index contributed by atoms with van der Waals surface area (Å²) in [6.45, 7) is 8.71. The maximum atomic E-state index is 13.3. The van der Waals surface area contributed by atoms with Crippen LogP contribution in [0.2, 0.25) is 0 Å². The first kappa shape index (κ1) is 22.6. The topological polar surface area (TPSA) is 73.0 Å². The molecule has 7 heteroatoms. The molecule has 0 aromatic heterocycles. The molecule has 2 saturated heterocycles. The van der Waals surface area contributed by atoms with Gasteiger partial charge in [-0.1, -0.05) is 39.0 Å². The zero-order chi connectivity index (χ0) is 23.1. The molecule has 1 aliphatic carbocycles. The van der Waals surface area contributed by atoms with Crippen molar-refractivity contribution in [3.63, 3.8) is 0 Å². The summed E-state index contributed by atoms with van der Waals surface area (Å²) in [5.41, 5.74) is 1.34. The number of nitrogens with zero attached hydrogens (tertiary/aromatic N) is 3. The van der Waals surface area contributed by atoms with Gasteiger partial charge in [-0.2, -0.15) is 0 Å². The van der Waals surface area contributed by atoms with Crippen LogP contribution in [-0.2, 0) is 16.1 Å². The van der Waals surface area contributed by atoms with Gasteiger partial charge in [0.05, 0.1) is 0 Å². The summed E-state index contributed by atoms with van der Waals surface area (Å²) in [6, 6.07) is 7.72. The zero-order valence-electron chi connectivity index (χ0n) is 19.8. The number of para-hydroxylation sites is 1. The molecule has 1 spiro atoms. The Kier molecular flexibility index (Phi) is 5.94. The highest BCUT2D eigenvalue weighted by atomic mass is 16.2. The van der Waals surface area contributed by atoms with Gasteiger partial charge in [-0.3, -0.25) is 14.5 Å². The number of carbonyl (C=O) groups excluding carboxylic acids is 3. The Bertz CT molecular complexity index is 908. The SMILES string of the molecule is CC1CC(C)(C)CC2(C1)NC(=O)N(CC(=O)N(C)Cc1ccccc1N1CCCC1)C2=O. The van der Waals surface area contributed by atoms with E-state index >= 15 is 0 Å². The third-order valence-electron chi connectivity index (χ3n) is 7.19. The van der Waals surface area contributed by atoms with Gasteiger partial charge in [0.25, 0.3) is 5.91 Å². The fourth-order valence-electron chi connectivity index (χ4n) is 6.16.